The second-order valence-corrected chi connectivity index (χ2v) is 4.47. The predicted octanol–water partition coefficient (Wildman–Crippen LogP) is 3.43. The third-order valence-electron chi connectivity index (χ3n) is 2.41. The lowest BCUT2D eigenvalue weighted by Gasteiger charge is -2.07. The van der Waals surface area contributed by atoms with Gasteiger partial charge in [0.2, 0.25) is 0 Å². The Bertz CT molecular complexity index is 618. The topological polar surface area (TPSA) is 64.1 Å². The summed E-state index contributed by atoms with van der Waals surface area (Å²) in [5, 5.41) is 2.76. The fraction of sp³-hybridized carbons (Fsp3) is 0.154. The van der Waals surface area contributed by atoms with Gasteiger partial charge in [-0.25, -0.2) is 9.97 Å². The zero-order chi connectivity index (χ0) is 14.5. The van der Waals surface area contributed by atoms with Crippen molar-refractivity contribution in [2.75, 3.05) is 11.9 Å². The van der Waals surface area contributed by atoms with E-state index in [0.29, 0.717) is 17.9 Å². The van der Waals surface area contributed by atoms with Crippen molar-refractivity contribution in [1.29, 1.82) is 0 Å². The smallest absolute Gasteiger partial charge is 0.256 e. The van der Waals surface area contributed by atoms with Gasteiger partial charge in [0.25, 0.3) is 5.91 Å². The highest BCUT2D eigenvalue weighted by Crippen LogP contribution is 2.25. The quantitative estimate of drug-likeness (QED) is 0.879. The van der Waals surface area contributed by atoms with Crippen LogP contribution in [0, 0.1) is 0 Å². The van der Waals surface area contributed by atoms with Crippen molar-refractivity contribution in [1.82, 2.24) is 9.97 Å². The number of nitrogens with zero attached hydrogens (tertiary/aromatic N) is 2. The monoisotopic (exact) mass is 311 g/mol. The van der Waals surface area contributed by atoms with Gasteiger partial charge in [-0.2, -0.15) is 0 Å². The Hall–Kier alpha value is -1.85. The van der Waals surface area contributed by atoms with Gasteiger partial charge in [-0.1, -0.05) is 23.2 Å². The van der Waals surface area contributed by atoms with Crippen LogP contribution in [0.2, 0.25) is 10.2 Å². The van der Waals surface area contributed by atoms with Crippen molar-refractivity contribution in [3.05, 3.63) is 46.3 Å². The molecule has 0 saturated carbocycles. The predicted molar refractivity (Wildman–Crippen MR) is 77.6 cm³/mol. The zero-order valence-corrected chi connectivity index (χ0v) is 12.1. The number of carbonyl (C=O) groups is 1. The van der Waals surface area contributed by atoms with E-state index < -0.39 is 0 Å². The van der Waals surface area contributed by atoms with Gasteiger partial charge in [-0.3, -0.25) is 4.79 Å². The molecule has 1 aromatic carbocycles. The van der Waals surface area contributed by atoms with Gasteiger partial charge in [0.1, 0.15) is 17.1 Å². The molecule has 5 nitrogen and oxygen atoms in total. The Morgan fingerprint density at radius 1 is 1.25 bits per heavy atom. The largest absolute Gasteiger partial charge is 0.494 e. The van der Waals surface area contributed by atoms with Crippen LogP contribution in [0.25, 0.3) is 0 Å². The molecule has 0 aliphatic heterocycles. The number of hydrogen-bond acceptors (Lipinski definition) is 4. The lowest BCUT2D eigenvalue weighted by atomic mass is 10.2. The molecule has 0 fully saturated rings. The number of ether oxygens (including phenoxy) is 1. The lowest BCUT2D eigenvalue weighted by molar-refractivity contribution is 0.102. The molecule has 0 atom stereocenters. The highest BCUT2D eigenvalue weighted by molar-refractivity contribution is 6.43. The molecule has 7 heteroatoms. The van der Waals surface area contributed by atoms with E-state index >= 15 is 0 Å². The van der Waals surface area contributed by atoms with Crippen molar-refractivity contribution in [3.8, 4) is 5.75 Å². The molecule has 0 saturated heterocycles. The van der Waals surface area contributed by atoms with Crippen molar-refractivity contribution in [3.63, 3.8) is 0 Å². The summed E-state index contributed by atoms with van der Waals surface area (Å²) >= 11 is 11.6. The number of hydrogen-bond donors (Lipinski definition) is 1. The second kappa shape index (κ2) is 6.54. The molecule has 1 heterocycles. The molecule has 1 amide bonds. The molecule has 2 aromatic rings. The van der Waals surface area contributed by atoms with Gasteiger partial charge in [-0.05, 0) is 31.2 Å². The number of nitrogens with one attached hydrogen (secondary N) is 1. The molecular weight excluding hydrogens is 301 g/mol. The molecule has 0 aliphatic carbocycles. The third kappa shape index (κ3) is 3.37. The van der Waals surface area contributed by atoms with Gasteiger partial charge in [0.05, 0.1) is 6.61 Å². The summed E-state index contributed by atoms with van der Waals surface area (Å²) in [4.78, 5) is 19.6. The van der Waals surface area contributed by atoms with E-state index in [0.717, 1.165) is 0 Å². The Kier molecular flexibility index (Phi) is 4.76. The van der Waals surface area contributed by atoms with E-state index in [9.17, 15) is 4.79 Å². The summed E-state index contributed by atoms with van der Waals surface area (Å²) in [6, 6.07) is 6.73. The van der Waals surface area contributed by atoms with Crippen LogP contribution in [0.3, 0.4) is 0 Å². The molecule has 20 heavy (non-hydrogen) atoms. The van der Waals surface area contributed by atoms with Crippen molar-refractivity contribution >= 4 is 34.9 Å². The molecule has 0 radical (unpaired) electrons. The maximum absolute atomic E-state index is 12.0. The molecular formula is C13H11Cl2N3O2. The maximum Gasteiger partial charge on any atom is 0.256 e. The zero-order valence-electron chi connectivity index (χ0n) is 10.6. The van der Waals surface area contributed by atoms with Crippen LogP contribution in [-0.4, -0.2) is 22.5 Å². The average molecular weight is 312 g/mol. The highest BCUT2D eigenvalue weighted by atomic mass is 35.5. The molecule has 104 valence electrons. The first-order valence-electron chi connectivity index (χ1n) is 5.82. The Morgan fingerprint density at radius 2 is 1.95 bits per heavy atom. The summed E-state index contributed by atoms with van der Waals surface area (Å²) < 4.78 is 5.30. The lowest BCUT2D eigenvalue weighted by Crippen LogP contribution is -2.13. The maximum atomic E-state index is 12.0. The minimum Gasteiger partial charge on any atom is -0.494 e. The number of aromatic nitrogens is 2. The molecule has 1 N–H and O–H groups in total. The van der Waals surface area contributed by atoms with E-state index in [-0.39, 0.29) is 21.9 Å². The summed E-state index contributed by atoms with van der Waals surface area (Å²) in [7, 11) is 0. The van der Waals surface area contributed by atoms with E-state index in [1.165, 1.54) is 6.33 Å². The van der Waals surface area contributed by atoms with E-state index in [1.54, 1.807) is 24.3 Å². The first-order valence-corrected chi connectivity index (χ1v) is 6.57. The van der Waals surface area contributed by atoms with E-state index in [1.807, 2.05) is 6.92 Å². The fourth-order valence-corrected chi connectivity index (χ4v) is 1.76. The normalized spacial score (nSPS) is 10.2. The molecule has 2 rings (SSSR count). The highest BCUT2D eigenvalue weighted by Gasteiger charge is 2.12. The first kappa shape index (κ1) is 14.6. The van der Waals surface area contributed by atoms with Gasteiger partial charge in [-0.15, -0.1) is 0 Å². The Balaban J connectivity index is 2.13. The fourth-order valence-electron chi connectivity index (χ4n) is 1.48. The minimum absolute atomic E-state index is 0.0867. The average Bonchev–Trinajstić information content (AvgIpc) is 2.45. The third-order valence-corrected chi connectivity index (χ3v) is 3.15. The molecule has 1 aromatic heterocycles. The Morgan fingerprint density at radius 3 is 2.60 bits per heavy atom. The SMILES string of the molecule is CCOc1ccc(C(=O)Nc2ncnc(Cl)c2Cl)cc1. The van der Waals surface area contributed by atoms with Gasteiger partial charge >= 0.3 is 0 Å². The van der Waals surface area contributed by atoms with Gasteiger partial charge in [0, 0.05) is 5.56 Å². The first-order chi connectivity index (χ1) is 9.61. The van der Waals surface area contributed by atoms with Crippen molar-refractivity contribution in [2.45, 2.75) is 6.92 Å². The summed E-state index contributed by atoms with van der Waals surface area (Å²) in [6.07, 6.45) is 1.22. The number of amides is 1. The van der Waals surface area contributed by atoms with Crippen LogP contribution in [0.5, 0.6) is 5.75 Å². The summed E-state index contributed by atoms with van der Waals surface area (Å²) in [6.45, 7) is 2.46. The summed E-state index contributed by atoms with van der Waals surface area (Å²) in [5.41, 5.74) is 0.458. The number of rotatable bonds is 4. The van der Waals surface area contributed by atoms with Crippen LogP contribution in [0.4, 0.5) is 5.82 Å². The minimum atomic E-state index is -0.343. The van der Waals surface area contributed by atoms with Gasteiger partial charge in [0.15, 0.2) is 11.0 Å². The van der Waals surface area contributed by atoms with Crippen LogP contribution < -0.4 is 10.1 Å². The van der Waals surface area contributed by atoms with E-state index in [4.69, 9.17) is 27.9 Å². The molecule has 0 spiro atoms. The van der Waals surface area contributed by atoms with Crippen LogP contribution in [0.15, 0.2) is 30.6 Å². The van der Waals surface area contributed by atoms with Crippen LogP contribution >= 0.6 is 23.2 Å². The summed E-state index contributed by atoms with van der Waals surface area (Å²) in [5.74, 6) is 0.530. The molecule has 0 unspecified atom stereocenters. The number of benzene rings is 1. The van der Waals surface area contributed by atoms with Gasteiger partial charge < -0.3 is 10.1 Å². The van der Waals surface area contributed by atoms with Crippen LogP contribution in [0.1, 0.15) is 17.3 Å². The molecule has 0 bridgehead atoms. The number of halogens is 2. The van der Waals surface area contributed by atoms with Crippen molar-refractivity contribution in [2.24, 2.45) is 0 Å². The van der Waals surface area contributed by atoms with Crippen LogP contribution in [-0.2, 0) is 0 Å². The Labute approximate surface area is 125 Å². The standard InChI is InChI=1S/C13H11Cl2N3O2/c1-2-20-9-5-3-8(4-6-9)13(19)18-12-10(14)11(15)16-7-17-12/h3-7H,2H2,1H3,(H,16,17,18,19). The van der Waals surface area contributed by atoms with E-state index in [2.05, 4.69) is 15.3 Å². The molecule has 0 aliphatic rings. The second-order valence-electron chi connectivity index (χ2n) is 3.74. The number of carbonyl (C=O) groups excluding carboxylic acids is 1. The number of anilines is 1. The van der Waals surface area contributed by atoms with Crippen molar-refractivity contribution < 1.29 is 9.53 Å².